The standard InChI is InChI=1S/C32H42N4O6S/c1-20(2)27(29-35-25(19-43-29)28(37)33-17-22-12-10-9-11-13-22)36(18-23-14-15-24(40-7)16-26(23)41-8)30(38)21(3)34-31(39)42-32(4,5)6/h9-16,19-21,27H,17-18H2,1-8H3,(H,33,37)(H,34,39)/t21-,27?/m0/s1. The molecule has 232 valence electrons. The Labute approximate surface area is 257 Å². The van der Waals surface area contributed by atoms with Gasteiger partial charge in [0.1, 0.15) is 33.8 Å². The van der Waals surface area contributed by atoms with Crippen molar-refractivity contribution in [3.63, 3.8) is 0 Å². The second-order valence-electron chi connectivity index (χ2n) is 11.4. The fraction of sp³-hybridized carbons (Fsp3) is 0.438. The van der Waals surface area contributed by atoms with Crippen LogP contribution in [0.15, 0.2) is 53.9 Å². The monoisotopic (exact) mass is 610 g/mol. The Morgan fingerprint density at radius 1 is 1.00 bits per heavy atom. The van der Waals surface area contributed by atoms with Gasteiger partial charge in [0.15, 0.2) is 0 Å². The van der Waals surface area contributed by atoms with E-state index in [0.29, 0.717) is 23.1 Å². The van der Waals surface area contributed by atoms with E-state index in [1.807, 2.05) is 50.2 Å². The van der Waals surface area contributed by atoms with E-state index in [4.69, 9.17) is 14.2 Å². The molecule has 0 aliphatic heterocycles. The molecule has 1 unspecified atom stereocenters. The third-order valence-electron chi connectivity index (χ3n) is 6.49. The molecule has 2 aromatic carbocycles. The van der Waals surface area contributed by atoms with Crippen LogP contribution in [0.4, 0.5) is 4.79 Å². The molecule has 0 aliphatic carbocycles. The Balaban J connectivity index is 1.94. The third-order valence-corrected chi connectivity index (χ3v) is 7.41. The van der Waals surface area contributed by atoms with E-state index in [1.165, 1.54) is 11.3 Å². The van der Waals surface area contributed by atoms with Crippen LogP contribution in [0.1, 0.15) is 74.2 Å². The summed E-state index contributed by atoms with van der Waals surface area (Å²) in [5, 5.41) is 7.87. The molecule has 0 saturated carbocycles. The molecule has 0 radical (unpaired) electrons. The maximum atomic E-state index is 14.1. The number of nitrogens with zero attached hydrogens (tertiary/aromatic N) is 2. The van der Waals surface area contributed by atoms with E-state index < -0.39 is 23.8 Å². The van der Waals surface area contributed by atoms with Crippen molar-refractivity contribution in [3.05, 3.63) is 75.7 Å². The number of nitrogens with one attached hydrogen (secondary N) is 2. The normalized spacial score (nSPS) is 12.7. The lowest BCUT2D eigenvalue weighted by molar-refractivity contribution is -0.137. The zero-order valence-electron chi connectivity index (χ0n) is 26.1. The van der Waals surface area contributed by atoms with Crippen molar-refractivity contribution >= 4 is 29.2 Å². The van der Waals surface area contributed by atoms with Gasteiger partial charge in [-0.3, -0.25) is 9.59 Å². The summed E-state index contributed by atoms with van der Waals surface area (Å²) in [5.74, 6) is 0.432. The summed E-state index contributed by atoms with van der Waals surface area (Å²) >= 11 is 1.31. The number of carbonyl (C=O) groups excluding carboxylic acids is 3. The maximum absolute atomic E-state index is 14.1. The molecule has 0 fully saturated rings. The molecule has 0 aliphatic rings. The first-order chi connectivity index (χ1) is 20.3. The number of methoxy groups -OCH3 is 2. The Kier molecular flexibility index (Phi) is 11.5. The summed E-state index contributed by atoms with van der Waals surface area (Å²) in [7, 11) is 3.12. The number of aromatic nitrogens is 1. The van der Waals surface area contributed by atoms with Crippen LogP contribution in [0.5, 0.6) is 11.5 Å². The second kappa shape index (κ2) is 14.9. The van der Waals surface area contributed by atoms with Crippen LogP contribution in [0, 0.1) is 5.92 Å². The fourth-order valence-corrected chi connectivity index (χ4v) is 5.53. The molecule has 3 aromatic rings. The zero-order chi connectivity index (χ0) is 31.7. The van der Waals surface area contributed by atoms with Crippen molar-refractivity contribution in [2.75, 3.05) is 14.2 Å². The van der Waals surface area contributed by atoms with Gasteiger partial charge in [-0.1, -0.05) is 44.2 Å². The topological polar surface area (TPSA) is 119 Å². The first kappa shape index (κ1) is 33.4. The maximum Gasteiger partial charge on any atom is 0.408 e. The Morgan fingerprint density at radius 2 is 1.70 bits per heavy atom. The molecule has 43 heavy (non-hydrogen) atoms. The number of hydrogen-bond donors (Lipinski definition) is 2. The van der Waals surface area contributed by atoms with Gasteiger partial charge < -0.3 is 29.7 Å². The van der Waals surface area contributed by atoms with Gasteiger partial charge in [-0.25, -0.2) is 9.78 Å². The molecule has 10 nitrogen and oxygen atoms in total. The number of thiazole rings is 1. The molecule has 0 saturated heterocycles. The highest BCUT2D eigenvalue weighted by atomic mass is 32.1. The van der Waals surface area contributed by atoms with E-state index in [1.54, 1.807) is 64.3 Å². The molecular formula is C32H42N4O6S. The number of rotatable bonds is 12. The minimum atomic E-state index is -0.908. The van der Waals surface area contributed by atoms with Gasteiger partial charge in [0.2, 0.25) is 5.91 Å². The highest BCUT2D eigenvalue weighted by molar-refractivity contribution is 7.09. The minimum absolute atomic E-state index is 0.0895. The van der Waals surface area contributed by atoms with Crippen LogP contribution < -0.4 is 20.1 Å². The lowest BCUT2D eigenvalue weighted by Crippen LogP contribution is -2.49. The Hall–Kier alpha value is -4.12. The van der Waals surface area contributed by atoms with Gasteiger partial charge in [-0.2, -0.15) is 0 Å². The number of amides is 3. The van der Waals surface area contributed by atoms with Crippen LogP contribution in [0.3, 0.4) is 0 Å². The molecule has 1 heterocycles. The average molecular weight is 611 g/mol. The number of alkyl carbamates (subject to hydrolysis) is 1. The number of ether oxygens (including phenoxy) is 3. The SMILES string of the molecule is COc1ccc(CN(C(=O)[C@H](C)NC(=O)OC(C)(C)C)C(c2nc(C(=O)NCc3ccccc3)cs2)C(C)C)c(OC)c1. The highest BCUT2D eigenvalue weighted by Gasteiger charge is 2.35. The van der Waals surface area contributed by atoms with E-state index in [2.05, 4.69) is 15.6 Å². The van der Waals surface area contributed by atoms with Crippen molar-refractivity contribution in [1.82, 2.24) is 20.5 Å². The number of carbonyl (C=O) groups is 3. The van der Waals surface area contributed by atoms with Gasteiger partial charge >= 0.3 is 6.09 Å². The van der Waals surface area contributed by atoms with Gasteiger partial charge in [0, 0.05) is 23.6 Å². The van der Waals surface area contributed by atoms with E-state index in [9.17, 15) is 14.4 Å². The Morgan fingerprint density at radius 3 is 2.30 bits per heavy atom. The van der Waals surface area contributed by atoms with Gasteiger partial charge in [-0.05, 0) is 51.3 Å². The largest absolute Gasteiger partial charge is 0.497 e. The molecule has 2 atom stereocenters. The summed E-state index contributed by atoms with van der Waals surface area (Å²) in [6, 6.07) is 13.6. The lowest BCUT2D eigenvalue weighted by atomic mass is 10.0. The predicted molar refractivity (Wildman–Crippen MR) is 166 cm³/mol. The van der Waals surface area contributed by atoms with E-state index in [-0.39, 0.29) is 30.0 Å². The summed E-state index contributed by atoms with van der Waals surface area (Å²) in [4.78, 5) is 45.9. The first-order valence-corrected chi connectivity index (χ1v) is 15.0. The van der Waals surface area contributed by atoms with Crippen LogP contribution in [-0.4, -0.2) is 53.7 Å². The van der Waals surface area contributed by atoms with Crippen molar-refractivity contribution in [3.8, 4) is 11.5 Å². The summed E-state index contributed by atoms with van der Waals surface area (Å²) in [5.41, 5.74) is 1.27. The lowest BCUT2D eigenvalue weighted by Gasteiger charge is -2.35. The van der Waals surface area contributed by atoms with Crippen LogP contribution in [0.25, 0.3) is 0 Å². The molecule has 3 rings (SSSR count). The fourth-order valence-electron chi connectivity index (χ4n) is 4.45. The van der Waals surface area contributed by atoms with Crippen LogP contribution in [-0.2, 0) is 22.6 Å². The first-order valence-electron chi connectivity index (χ1n) is 14.1. The highest BCUT2D eigenvalue weighted by Crippen LogP contribution is 2.35. The molecule has 0 spiro atoms. The van der Waals surface area contributed by atoms with Gasteiger partial charge in [0.25, 0.3) is 5.91 Å². The third kappa shape index (κ3) is 9.44. The van der Waals surface area contributed by atoms with Crippen molar-refractivity contribution in [1.29, 1.82) is 0 Å². The van der Waals surface area contributed by atoms with Gasteiger partial charge in [0.05, 0.1) is 26.8 Å². The van der Waals surface area contributed by atoms with E-state index >= 15 is 0 Å². The van der Waals surface area contributed by atoms with E-state index in [0.717, 1.165) is 11.1 Å². The summed E-state index contributed by atoms with van der Waals surface area (Å²) in [6.45, 7) is 11.4. The molecule has 2 N–H and O–H groups in total. The average Bonchev–Trinajstić information content (AvgIpc) is 3.44. The summed E-state index contributed by atoms with van der Waals surface area (Å²) < 4.78 is 16.4. The van der Waals surface area contributed by atoms with Crippen molar-refractivity contribution in [2.45, 2.75) is 72.3 Å². The minimum Gasteiger partial charge on any atom is -0.497 e. The molecular weight excluding hydrogens is 568 g/mol. The second-order valence-corrected chi connectivity index (χ2v) is 12.3. The molecule has 0 bridgehead atoms. The smallest absolute Gasteiger partial charge is 0.408 e. The van der Waals surface area contributed by atoms with Gasteiger partial charge in [-0.15, -0.1) is 11.3 Å². The number of benzene rings is 2. The molecule has 1 aromatic heterocycles. The van der Waals surface area contributed by atoms with Crippen molar-refractivity contribution < 1.29 is 28.6 Å². The summed E-state index contributed by atoms with van der Waals surface area (Å²) in [6.07, 6.45) is -0.692. The predicted octanol–water partition coefficient (Wildman–Crippen LogP) is 5.73. The van der Waals surface area contributed by atoms with Crippen molar-refractivity contribution in [2.24, 2.45) is 5.92 Å². The van der Waals surface area contributed by atoms with Crippen LogP contribution in [0.2, 0.25) is 0 Å². The molecule has 11 heteroatoms. The van der Waals surface area contributed by atoms with Crippen LogP contribution >= 0.6 is 11.3 Å². The zero-order valence-corrected chi connectivity index (χ0v) is 26.9. The molecule has 3 amide bonds. The number of hydrogen-bond acceptors (Lipinski definition) is 8. The quantitative estimate of drug-likeness (QED) is 0.269. The Bertz CT molecular complexity index is 1390.